The predicted octanol–water partition coefficient (Wildman–Crippen LogP) is 1.53. The van der Waals surface area contributed by atoms with Crippen molar-refractivity contribution in [1.29, 1.82) is 0 Å². The number of anilines is 1. The van der Waals surface area contributed by atoms with Gasteiger partial charge in [-0.05, 0) is 30.7 Å². The lowest BCUT2D eigenvalue weighted by atomic mass is 9.76. The van der Waals surface area contributed by atoms with E-state index in [4.69, 9.17) is 22.1 Å². The molecule has 2 saturated heterocycles. The molecule has 3 heterocycles. The van der Waals surface area contributed by atoms with Gasteiger partial charge in [0.25, 0.3) is 0 Å². The summed E-state index contributed by atoms with van der Waals surface area (Å²) in [4.78, 5) is 53.5. The van der Waals surface area contributed by atoms with Crippen LogP contribution in [-0.4, -0.2) is 41.7 Å². The van der Waals surface area contributed by atoms with E-state index in [1.807, 2.05) is 0 Å². The van der Waals surface area contributed by atoms with Crippen LogP contribution in [-0.2, 0) is 31.3 Å². The van der Waals surface area contributed by atoms with Crippen LogP contribution >= 0.6 is 11.6 Å². The summed E-state index contributed by atoms with van der Waals surface area (Å²) < 4.78 is 5.38. The van der Waals surface area contributed by atoms with Crippen molar-refractivity contribution in [3.05, 3.63) is 58.6 Å². The normalized spacial score (nSPS) is 27.2. The summed E-state index contributed by atoms with van der Waals surface area (Å²) in [5.74, 6) is -3.09. The summed E-state index contributed by atoms with van der Waals surface area (Å²) in [6.45, 7) is 0.0112. The number of nitrogens with one attached hydrogen (secondary N) is 2. The first-order valence-corrected chi connectivity index (χ1v) is 11.3. The minimum absolute atomic E-state index is 0.00890. The zero-order valence-corrected chi connectivity index (χ0v) is 19.1. The molecule has 4 atom stereocenters. The number of hydrogen-bond donors (Lipinski definition) is 3. The van der Waals surface area contributed by atoms with E-state index in [0.717, 1.165) is 0 Å². The Morgan fingerprint density at radius 1 is 1.18 bits per heavy atom. The number of primary amides is 1. The average molecular weight is 483 g/mol. The first-order valence-electron chi connectivity index (χ1n) is 10.9. The van der Waals surface area contributed by atoms with Gasteiger partial charge in [0, 0.05) is 34.3 Å². The number of nitrogens with two attached hydrogens (primary N) is 1. The van der Waals surface area contributed by atoms with Gasteiger partial charge in [-0.1, -0.05) is 29.8 Å². The molecule has 176 valence electrons. The minimum Gasteiger partial charge on any atom is -0.496 e. The summed E-state index contributed by atoms with van der Waals surface area (Å²) in [7, 11) is 1.52. The number of methoxy groups -OCH3 is 1. The molecule has 10 heteroatoms. The van der Waals surface area contributed by atoms with Gasteiger partial charge < -0.3 is 15.8 Å². The summed E-state index contributed by atoms with van der Waals surface area (Å²) in [6.07, 6.45) is 0.220. The molecule has 5 rings (SSSR count). The van der Waals surface area contributed by atoms with Crippen molar-refractivity contribution in [2.75, 3.05) is 12.4 Å². The van der Waals surface area contributed by atoms with Gasteiger partial charge in [0.05, 0.1) is 25.5 Å². The second kappa shape index (κ2) is 8.11. The third kappa shape index (κ3) is 3.19. The molecule has 2 aromatic carbocycles. The highest BCUT2D eigenvalue weighted by Gasteiger charge is 2.70. The van der Waals surface area contributed by atoms with Gasteiger partial charge >= 0.3 is 0 Å². The number of fused-ring (bicyclic) bond motifs is 4. The third-order valence-corrected chi connectivity index (χ3v) is 7.23. The van der Waals surface area contributed by atoms with Crippen LogP contribution in [0.3, 0.4) is 0 Å². The lowest BCUT2D eigenvalue weighted by molar-refractivity contribution is -0.143. The number of halogens is 1. The quantitative estimate of drug-likeness (QED) is 0.535. The molecule has 34 heavy (non-hydrogen) atoms. The van der Waals surface area contributed by atoms with Crippen LogP contribution in [0.5, 0.6) is 5.75 Å². The molecular formula is C24H23ClN4O5. The molecule has 2 fully saturated rings. The molecule has 4 amide bonds. The summed E-state index contributed by atoms with van der Waals surface area (Å²) in [6, 6.07) is 11.5. The van der Waals surface area contributed by atoms with Crippen molar-refractivity contribution in [3.8, 4) is 5.75 Å². The third-order valence-electron chi connectivity index (χ3n) is 6.99. The van der Waals surface area contributed by atoms with Crippen molar-refractivity contribution in [1.82, 2.24) is 10.2 Å². The van der Waals surface area contributed by atoms with Crippen LogP contribution in [0.1, 0.15) is 24.0 Å². The van der Waals surface area contributed by atoms with Crippen LogP contribution < -0.4 is 21.1 Å². The van der Waals surface area contributed by atoms with E-state index in [-0.39, 0.29) is 19.4 Å². The van der Waals surface area contributed by atoms with E-state index >= 15 is 0 Å². The number of carbonyl (C=O) groups excluding carboxylic acids is 4. The monoisotopic (exact) mass is 482 g/mol. The molecule has 0 radical (unpaired) electrons. The highest BCUT2D eigenvalue weighted by atomic mass is 35.5. The van der Waals surface area contributed by atoms with Crippen molar-refractivity contribution in [2.45, 2.75) is 31.0 Å². The van der Waals surface area contributed by atoms with Gasteiger partial charge in [-0.3, -0.25) is 29.4 Å². The minimum atomic E-state index is -1.48. The highest BCUT2D eigenvalue weighted by molar-refractivity contribution is 6.31. The number of nitrogens with zero attached hydrogens (tertiary/aromatic N) is 1. The number of hydrogen-bond acceptors (Lipinski definition) is 6. The topological polar surface area (TPSA) is 131 Å². The molecule has 4 N–H and O–H groups in total. The van der Waals surface area contributed by atoms with E-state index in [1.165, 1.54) is 12.0 Å². The number of benzene rings is 2. The van der Waals surface area contributed by atoms with Crippen LogP contribution in [0.2, 0.25) is 5.02 Å². The van der Waals surface area contributed by atoms with Crippen molar-refractivity contribution >= 4 is 40.9 Å². The summed E-state index contributed by atoms with van der Waals surface area (Å²) in [5.41, 5.74) is 5.59. The largest absolute Gasteiger partial charge is 0.496 e. The van der Waals surface area contributed by atoms with E-state index < -0.39 is 47.0 Å². The molecule has 9 nitrogen and oxygen atoms in total. The van der Waals surface area contributed by atoms with Gasteiger partial charge in [-0.2, -0.15) is 0 Å². The van der Waals surface area contributed by atoms with E-state index in [0.29, 0.717) is 27.6 Å². The second-order valence-corrected chi connectivity index (χ2v) is 9.22. The number of carbonyl (C=O) groups is 4. The zero-order valence-electron chi connectivity index (χ0n) is 18.3. The van der Waals surface area contributed by atoms with E-state index in [2.05, 4.69) is 10.6 Å². The Labute approximate surface area is 200 Å². The number of rotatable bonds is 6. The van der Waals surface area contributed by atoms with Crippen molar-refractivity contribution in [2.24, 2.45) is 17.6 Å². The molecule has 0 saturated carbocycles. The van der Waals surface area contributed by atoms with Crippen LogP contribution in [0, 0.1) is 11.8 Å². The molecule has 3 aliphatic rings. The van der Waals surface area contributed by atoms with E-state index in [9.17, 15) is 19.2 Å². The van der Waals surface area contributed by atoms with Gasteiger partial charge in [0.2, 0.25) is 23.6 Å². The van der Waals surface area contributed by atoms with E-state index in [1.54, 1.807) is 42.5 Å². The SMILES string of the molecule is COc1ccccc1CN1C(=O)[C@@H]2C(CCC(N)=O)NC3(C(=O)Nc4ccc(Cl)cc43)[C@@H]2C1=O. The molecule has 1 spiro atoms. The first-order chi connectivity index (χ1) is 16.3. The number of amides is 4. The Hall–Kier alpha value is -3.43. The molecule has 2 aromatic rings. The Balaban J connectivity index is 1.59. The Bertz CT molecular complexity index is 1230. The lowest BCUT2D eigenvalue weighted by Gasteiger charge is -2.29. The van der Waals surface area contributed by atoms with Crippen LogP contribution in [0.4, 0.5) is 5.69 Å². The Kier molecular flexibility index (Phi) is 5.33. The predicted molar refractivity (Wildman–Crippen MR) is 123 cm³/mol. The lowest BCUT2D eigenvalue weighted by Crippen LogP contribution is -2.53. The Morgan fingerprint density at radius 3 is 2.68 bits per heavy atom. The maximum atomic E-state index is 13.8. The Morgan fingerprint density at radius 2 is 1.94 bits per heavy atom. The van der Waals surface area contributed by atoms with Gasteiger partial charge in [0.15, 0.2) is 0 Å². The second-order valence-electron chi connectivity index (χ2n) is 8.79. The summed E-state index contributed by atoms with van der Waals surface area (Å²) >= 11 is 6.24. The average Bonchev–Trinajstić information content (AvgIpc) is 3.39. The number of para-hydroxylation sites is 1. The molecular weight excluding hydrogens is 460 g/mol. The first kappa shape index (κ1) is 22.4. The maximum Gasteiger partial charge on any atom is 0.250 e. The molecule has 0 aromatic heterocycles. The zero-order chi connectivity index (χ0) is 24.2. The fourth-order valence-corrected chi connectivity index (χ4v) is 5.71. The van der Waals surface area contributed by atoms with Crippen molar-refractivity contribution in [3.63, 3.8) is 0 Å². The smallest absolute Gasteiger partial charge is 0.250 e. The van der Waals surface area contributed by atoms with Crippen molar-refractivity contribution < 1.29 is 23.9 Å². The molecule has 2 unspecified atom stereocenters. The van der Waals surface area contributed by atoms with Gasteiger partial charge in [-0.25, -0.2) is 0 Å². The highest BCUT2D eigenvalue weighted by Crippen LogP contribution is 2.54. The molecule has 0 bridgehead atoms. The fraction of sp³-hybridized carbons (Fsp3) is 0.333. The number of likely N-dealkylation sites (tertiary alicyclic amines) is 1. The number of imide groups is 1. The number of ether oxygens (including phenoxy) is 1. The molecule has 0 aliphatic carbocycles. The maximum absolute atomic E-state index is 13.8. The summed E-state index contributed by atoms with van der Waals surface area (Å²) in [5, 5.41) is 6.47. The van der Waals surface area contributed by atoms with Gasteiger partial charge in [0.1, 0.15) is 11.3 Å². The van der Waals surface area contributed by atoms with Gasteiger partial charge in [-0.15, -0.1) is 0 Å². The standard InChI is InChI=1S/C24H23ClN4O5/c1-34-17-5-3-2-4-12(17)11-29-21(31)19-16(8-9-18(26)30)28-24(20(19)22(29)32)14-10-13(25)6-7-15(14)27-23(24)33/h2-7,10,16,19-20,28H,8-9,11H2,1H3,(H2,26,30)(H,27,33)/t16?,19-,20+,24?/m1/s1. The fourth-order valence-electron chi connectivity index (χ4n) is 5.54. The molecule has 3 aliphatic heterocycles. The van der Waals surface area contributed by atoms with Crippen LogP contribution in [0.15, 0.2) is 42.5 Å². The van der Waals surface area contributed by atoms with Crippen LogP contribution in [0.25, 0.3) is 0 Å².